The summed E-state index contributed by atoms with van der Waals surface area (Å²) in [6, 6.07) is 15.8. The zero-order chi connectivity index (χ0) is 20.3. The molecule has 1 atom stereocenters. The van der Waals surface area contributed by atoms with Crippen molar-refractivity contribution in [3.63, 3.8) is 0 Å². The van der Waals surface area contributed by atoms with Crippen molar-refractivity contribution in [1.29, 1.82) is 0 Å². The Morgan fingerprint density at radius 2 is 1.50 bits per heavy atom. The van der Waals surface area contributed by atoms with Gasteiger partial charge in [-0.25, -0.2) is 4.79 Å². The van der Waals surface area contributed by atoms with E-state index in [4.69, 9.17) is 4.74 Å². The smallest absolute Gasteiger partial charge is 0.407 e. The topological polar surface area (TPSA) is 75.7 Å². The molecule has 2 aromatic rings. The Bertz CT molecular complexity index is 852. The number of carbonyl (C=O) groups excluding carboxylic acids is 3. The lowest BCUT2D eigenvalue weighted by atomic mass is 10.0. The minimum atomic E-state index is -0.630. The number of nitrogens with one attached hydrogen (secondary N) is 1. The molecule has 0 spiro atoms. The SMILES string of the molecule is CC(C)(C)OC(=O)NCC(Cc1ccccc1)N1C(=O)c2ccccc2C1=O. The molecule has 1 unspecified atom stereocenters. The lowest BCUT2D eigenvalue weighted by Crippen LogP contribution is -2.48. The lowest BCUT2D eigenvalue weighted by molar-refractivity contribution is 0.0467. The Kier molecular flexibility index (Phi) is 5.49. The Balaban J connectivity index is 1.82. The molecule has 146 valence electrons. The van der Waals surface area contributed by atoms with Crippen molar-refractivity contribution in [2.75, 3.05) is 6.54 Å². The van der Waals surface area contributed by atoms with Crippen molar-refractivity contribution in [3.05, 3.63) is 71.3 Å². The van der Waals surface area contributed by atoms with E-state index in [1.54, 1.807) is 45.0 Å². The summed E-state index contributed by atoms with van der Waals surface area (Å²) in [7, 11) is 0. The van der Waals surface area contributed by atoms with Gasteiger partial charge < -0.3 is 10.1 Å². The standard InChI is InChI=1S/C22H24N2O4/c1-22(2,3)28-21(27)23-14-16(13-15-9-5-4-6-10-15)24-19(25)17-11-7-8-12-18(17)20(24)26/h4-12,16H,13-14H2,1-3H3,(H,23,27). The molecule has 0 radical (unpaired) electrons. The van der Waals surface area contributed by atoms with Crippen LogP contribution in [0, 0.1) is 0 Å². The largest absolute Gasteiger partial charge is 0.444 e. The molecule has 3 rings (SSSR count). The molecule has 0 bridgehead atoms. The number of ether oxygens (including phenoxy) is 1. The number of imide groups is 1. The Morgan fingerprint density at radius 1 is 0.964 bits per heavy atom. The Labute approximate surface area is 164 Å². The zero-order valence-electron chi connectivity index (χ0n) is 16.3. The summed E-state index contributed by atoms with van der Waals surface area (Å²) in [5, 5.41) is 2.70. The quantitative estimate of drug-likeness (QED) is 0.807. The van der Waals surface area contributed by atoms with Crippen molar-refractivity contribution < 1.29 is 19.1 Å². The molecule has 1 aliphatic rings. The van der Waals surface area contributed by atoms with Crippen LogP contribution in [0.15, 0.2) is 54.6 Å². The highest BCUT2D eigenvalue weighted by Crippen LogP contribution is 2.25. The molecule has 1 N–H and O–H groups in total. The molecule has 2 aromatic carbocycles. The van der Waals surface area contributed by atoms with Gasteiger partial charge >= 0.3 is 6.09 Å². The van der Waals surface area contributed by atoms with Gasteiger partial charge in [0.05, 0.1) is 17.2 Å². The van der Waals surface area contributed by atoms with Gasteiger partial charge in [0, 0.05) is 6.54 Å². The van der Waals surface area contributed by atoms with Gasteiger partial charge in [0.2, 0.25) is 0 Å². The van der Waals surface area contributed by atoms with Crippen molar-refractivity contribution in [2.45, 2.75) is 38.8 Å². The first-order valence-electron chi connectivity index (χ1n) is 9.24. The summed E-state index contributed by atoms with van der Waals surface area (Å²) in [4.78, 5) is 39.1. The molecule has 1 heterocycles. The average molecular weight is 380 g/mol. The molecule has 0 aliphatic carbocycles. The van der Waals surface area contributed by atoms with Crippen LogP contribution in [0.25, 0.3) is 0 Å². The van der Waals surface area contributed by atoms with Gasteiger partial charge in [-0.2, -0.15) is 0 Å². The molecule has 0 fully saturated rings. The molecule has 0 saturated carbocycles. The summed E-state index contributed by atoms with van der Waals surface area (Å²) < 4.78 is 5.28. The van der Waals surface area contributed by atoms with E-state index in [9.17, 15) is 14.4 Å². The van der Waals surface area contributed by atoms with Crippen LogP contribution in [-0.2, 0) is 11.2 Å². The predicted octanol–water partition coefficient (Wildman–Crippen LogP) is 3.42. The zero-order valence-corrected chi connectivity index (χ0v) is 16.3. The lowest BCUT2D eigenvalue weighted by Gasteiger charge is -2.27. The molecule has 0 saturated heterocycles. The Morgan fingerprint density at radius 3 is 2.04 bits per heavy atom. The molecule has 0 aromatic heterocycles. The van der Waals surface area contributed by atoms with Crippen molar-refractivity contribution in [1.82, 2.24) is 10.2 Å². The Hall–Kier alpha value is -3.15. The highest BCUT2D eigenvalue weighted by molar-refractivity contribution is 6.21. The summed E-state index contributed by atoms with van der Waals surface area (Å²) in [6.45, 7) is 5.43. The second-order valence-corrected chi connectivity index (χ2v) is 7.75. The van der Waals surface area contributed by atoms with Gasteiger partial charge in [0.25, 0.3) is 11.8 Å². The van der Waals surface area contributed by atoms with E-state index in [1.165, 1.54) is 4.90 Å². The fourth-order valence-electron chi connectivity index (χ4n) is 3.20. The van der Waals surface area contributed by atoms with Gasteiger partial charge in [-0.15, -0.1) is 0 Å². The minimum Gasteiger partial charge on any atom is -0.444 e. The number of fused-ring (bicyclic) bond motifs is 1. The van der Waals surface area contributed by atoms with E-state index in [0.29, 0.717) is 17.5 Å². The molecular formula is C22H24N2O4. The first-order valence-corrected chi connectivity index (χ1v) is 9.24. The maximum Gasteiger partial charge on any atom is 0.407 e. The van der Waals surface area contributed by atoms with Gasteiger partial charge in [0.15, 0.2) is 0 Å². The maximum atomic E-state index is 12.9. The van der Waals surface area contributed by atoms with Crippen LogP contribution in [0.5, 0.6) is 0 Å². The van der Waals surface area contributed by atoms with Crippen LogP contribution >= 0.6 is 0 Å². The predicted molar refractivity (Wildman–Crippen MR) is 105 cm³/mol. The third-order valence-corrected chi connectivity index (χ3v) is 4.39. The van der Waals surface area contributed by atoms with Gasteiger partial charge in [-0.05, 0) is 44.9 Å². The van der Waals surface area contributed by atoms with E-state index in [1.807, 2.05) is 30.3 Å². The molecule has 6 nitrogen and oxygen atoms in total. The van der Waals surface area contributed by atoms with E-state index in [0.717, 1.165) is 5.56 Å². The maximum absolute atomic E-state index is 12.9. The second-order valence-electron chi connectivity index (χ2n) is 7.75. The highest BCUT2D eigenvalue weighted by atomic mass is 16.6. The number of rotatable bonds is 5. The molecule has 6 heteroatoms. The van der Waals surface area contributed by atoms with Crippen LogP contribution in [-0.4, -0.2) is 41.0 Å². The molecule has 3 amide bonds. The monoisotopic (exact) mass is 380 g/mol. The molecule has 1 aliphatic heterocycles. The van der Waals surface area contributed by atoms with Crippen molar-refractivity contribution >= 4 is 17.9 Å². The summed E-state index contributed by atoms with van der Waals surface area (Å²) in [6.07, 6.45) is -0.149. The number of hydrogen-bond acceptors (Lipinski definition) is 4. The van der Waals surface area contributed by atoms with Gasteiger partial charge in [-0.3, -0.25) is 14.5 Å². The minimum absolute atomic E-state index is 0.106. The summed E-state index contributed by atoms with van der Waals surface area (Å²) >= 11 is 0. The molecular weight excluding hydrogens is 356 g/mol. The van der Waals surface area contributed by atoms with Crippen molar-refractivity contribution in [3.8, 4) is 0 Å². The number of carbonyl (C=O) groups is 3. The fourth-order valence-corrected chi connectivity index (χ4v) is 3.20. The second kappa shape index (κ2) is 7.84. The summed E-state index contributed by atoms with van der Waals surface area (Å²) in [5.74, 6) is -0.681. The summed E-state index contributed by atoms with van der Waals surface area (Å²) in [5.41, 5.74) is 1.12. The van der Waals surface area contributed by atoms with E-state index in [-0.39, 0.29) is 18.4 Å². The van der Waals surface area contributed by atoms with Crippen molar-refractivity contribution in [2.24, 2.45) is 0 Å². The number of benzene rings is 2. The van der Waals surface area contributed by atoms with E-state index < -0.39 is 17.7 Å². The number of nitrogens with zero attached hydrogens (tertiary/aromatic N) is 1. The van der Waals surface area contributed by atoms with E-state index >= 15 is 0 Å². The van der Waals surface area contributed by atoms with Crippen LogP contribution in [0.2, 0.25) is 0 Å². The van der Waals surface area contributed by atoms with Gasteiger partial charge in [-0.1, -0.05) is 42.5 Å². The van der Waals surface area contributed by atoms with Crippen LogP contribution in [0.4, 0.5) is 4.79 Å². The number of alkyl carbamates (subject to hydrolysis) is 1. The van der Waals surface area contributed by atoms with Crippen LogP contribution in [0.1, 0.15) is 47.1 Å². The normalized spacial score (nSPS) is 14.6. The first kappa shape index (κ1) is 19.6. The highest BCUT2D eigenvalue weighted by Gasteiger charge is 2.39. The average Bonchev–Trinajstić information content (AvgIpc) is 2.89. The van der Waals surface area contributed by atoms with Crippen LogP contribution in [0.3, 0.4) is 0 Å². The third-order valence-electron chi connectivity index (χ3n) is 4.39. The van der Waals surface area contributed by atoms with E-state index in [2.05, 4.69) is 5.32 Å². The van der Waals surface area contributed by atoms with Crippen LogP contribution < -0.4 is 5.32 Å². The van der Waals surface area contributed by atoms with Gasteiger partial charge in [0.1, 0.15) is 5.60 Å². The first-order chi connectivity index (χ1) is 13.3. The fraction of sp³-hybridized carbons (Fsp3) is 0.318. The number of amides is 3. The number of hydrogen-bond donors (Lipinski definition) is 1. The third kappa shape index (κ3) is 4.39. The molecule has 28 heavy (non-hydrogen) atoms.